The lowest BCUT2D eigenvalue weighted by atomic mass is 9.89. The van der Waals surface area contributed by atoms with Crippen molar-refractivity contribution in [2.75, 3.05) is 20.1 Å². The topological polar surface area (TPSA) is 32.3 Å². The summed E-state index contributed by atoms with van der Waals surface area (Å²) < 4.78 is 1.02. The molecule has 1 unspecified atom stereocenters. The van der Waals surface area contributed by atoms with Gasteiger partial charge in [-0.2, -0.15) is 0 Å². The Balaban J connectivity index is 2.37. The molecule has 0 radical (unpaired) electrons. The number of nitrogens with one attached hydrogen (secondary N) is 1. The smallest absolute Gasteiger partial charge is 0.246 e. The summed E-state index contributed by atoms with van der Waals surface area (Å²) in [6, 6.07) is 7.89. The molecule has 0 bridgehead atoms. The molecule has 1 heterocycles. The number of nitrogens with zero attached hydrogens (tertiary/aromatic N) is 1. The van der Waals surface area contributed by atoms with E-state index in [-0.39, 0.29) is 5.91 Å². The summed E-state index contributed by atoms with van der Waals surface area (Å²) >= 11 is 3.40. The Labute approximate surface area is 104 Å². The summed E-state index contributed by atoms with van der Waals surface area (Å²) in [7, 11) is 1.85. The highest BCUT2D eigenvalue weighted by Crippen LogP contribution is 2.26. The second-order valence-electron chi connectivity index (χ2n) is 4.29. The molecule has 0 aliphatic carbocycles. The van der Waals surface area contributed by atoms with Crippen molar-refractivity contribution in [1.29, 1.82) is 0 Å². The Hall–Kier alpha value is -0.870. The first-order valence-corrected chi connectivity index (χ1v) is 6.10. The van der Waals surface area contributed by atoms with Crippen LogP contribution < -0.4 is 5.32 Å². The minimum atomic E-state index is -0.590. The number of amides is 1. The van der Waals surface area contributed by atoms with Crippen LogP contribution in [0, 0.1) is 0 Å². The Kier molecular flexibility index (Phi) is 3.04. The lowest BCUT2D eigenvalue weighted by Crippen LogP contribution is -2.59. The van der Waals surface area contributed by atoms with E-state index in [0.29, 0.717) is 0 Å². The number of benzene rings is 1. The second kappa shape index (κ2) is 4.18. The molecule has 3 nitrogen and oxygen atoms in total. The van der Waals surface area contributed by atoms with Crippen LogP contribution in [0.4, 0.5) is 0 Å². The third-order valence-electron chi connectivity index (χ3n) is 3.12. The van der Waals surface area contributed by atoms with Crippen LogP contribution in [0.25, 0.3) is 0 Å². The van der Waals surface area contributed by atoms with Gasteiger partial charge < -0.3 is 4.90 Å². The molecule has 1 aromatic carbocycles. The van der Waals surface area contributed by atoms with Gasteiger partial charge in [-0.25, -0.2) is 0 Å². The highest BCUT2D eigenvalue weighted by Gasteiger charge is 2.39. The van der Waals surface area contributed by atoms with Crippen molar-refractivity contribution < 1.29 is 4.79 Å². The van der Waals surface area contributed by atoms with Gasteiger partial charge in [-0.05, 0) is 24.6 Å². The fourth-order valence-corrected chi connectivity index (χ4v) is 2.31. The highest BCUT2D eigenvalue weighted by atomic mass is 79.9. The van der Waals surface area contributed by atoms with E-state index in [4.69, 9.17) is 0 Å². The number of halogens is 1. The molecule has 0 spiro atoms. The number of carbonyl (C=O) groups is 1. The number of carbonyl (C=O) groups excluding carboxylic acids is 1. The molecule has 1 fully saturated rings. The lowest BCUT2D eigenvalue weighted by Gasteiger charge is -2.39. The predicted molar refractivity (Wildman–Crippen MR) is 67.1 cm³/mol. The van der Waals surface area contributed by atoms with Gasteiger partial charge in [0.25, 0.3) is 0 Å². The van der Waals surface area contributed by atoms with E-state index < -0.39 is 5.54 Å². The monoisotopic (exact) mass is 282 g/mol. The van der Waals surface area contributed by atoms with Crippen LogP contribution in [0.5, 0.6) is 0 Å². The van der Waals surface area contributed by atoms with E-state index in [0.717, 1.165) is 23.1 Å². The Morgan fingerprint density at radius 3 is 2.62 bits per heavy atom. The van der Waals surface area contributed by atoms with E-state index in [1.165, 1.54) is 0 Å². The fraction of sp³-hybridized carbons (Fsp3) is 0.417. The van der Waals surface area contributed by atoms with Crippen molar-refractivity contribution in [1.82, 2.24) is 10.2 Å². The molecular weight excluding hydrogens is 268 g/mol. The summed E-state index contributed by atoms with van der Waals surface area (Å²) in [4.78, 5) is 14.0. The molecule has 1 N–H and O–H groups in total. The van der Waals surface area contributed by atoms with E-state index in [1.54, 1.807) is 4.90 Å². The summed E-state index contributed by atoms with van der Waals surface area (Å²) in [5, 5.41) is 3.30. The zero-order valence-electron chi connectivity index (χ0n) is 9.46. The number of likely N-dealkylation sites (N-methyl/N-ethyl adjacent to an activating group) is 1. The third kappa shape index (κ3) is 1.87. The van der Waals surface area contributed by atoms with Crippen LogP contribution in [0.1, 0.15) is 12.5 Å². The van der Waals surface area contributed by atoms with Crippen molar-refractivity contribution >= 4 is 21.8 Å². The second-order valence-corrected chi connectivity index (χ2v) is 5.20. The molecule has 2 rings (SSSR count). The average Bonchev–Trinajstić information content (AvgIpc) is 2.27. The van der Waals surface area contributed by atoms with Gasteiger partial charge in [0.1, 0.15) is 5.54 Å². The molecule has 1 aliphatic rings. The molecule has 1 saturated heterocycles. The van der Waals surface area contributed by atoms with Gasteiger partial charge in [-0.3, -0.25) is 10.1 Å². The Bertz CT molecular complexity index is 404. The maximum Gasteiger partial charge on any atom is 0.246 e. The first-order valence-electron chi connectivity index (χ1n) is 5.31. The molecule has 4 heteroatoms. The van der Waals surface area contributed by atoms with E-state index in [2.05, 4.69) is 21.2 Å². The van der Waals surface area contributed by atoms with Gasteiger partial charge in [-0.1, -0.05) is 28.1 Å². The van der Waals surface area contributed by atoms with Crippen LogP contribution in [-0.2, 0) is 10.3 Å². The number of hydrogen-bond donors (Lipinski definition) is 1. The summed E-state index contributed by atoms with van der Waals surface area (Å²) in [5.41, 5.74) is 0.417. The van der Waals surface area contributed by atoms with Crippen molar-refractivity contribution in [3.63, 3.8) is 0 Å². The van der Waals surface area contributed by atoms with Crippen molar-refractivity contribution in [2.24, 2.45) is 0 Å². The van der Waals surface area contributed by atoms with E-state index >= 15 is 0 Å². The molecule has 1 amide bonds. The fourth-order valence-electron chi connectivity index (χ4n) is 2.04. The molecule has 16 heavy (non-hydrogen) atoms. The molecule has 0 aromatic heterocycles. The maximum atomic E-state index is 12.2. The van der Waals surface area contributed by atoms with Gasteiger partial charge in [0.2, 0.25) is 5.91 Å². The van der Waals surface area contributed by atoms with Crippen LogP contribution in [0.15, 0.2) is 28.7 Å². The highest BCUT2D eigenvalue weighted by molar-refractivity contribution is 9.10. The molecule has 86 valence electrons. The minimum Gasteiger partial charge on any atom is -0.343 e. The summed E-state index contributed by atoms with van der Waals surface area (Å²) in [6.45, 7) is 3.54. The van der Waals surface area contributed by atoms with Gasteiger partial charge in [0.15, 0.2) is 0 Å². The minimum absolute atomic E-state index is 0.126. The maximum absolute atomic E-state index is 12.2. The van der Waals surface area contributed by atoms with Crippen molar-refractivity contribution in [2.45, 2.75) is 12.5 Å². The average molecular weight is 283 g/mol. The van der Waals surface area contributed by atoms with Crippen LogP contribution in [0.3, 0.4) is 0 Å². The molecule has 1 aromatic rings. The standard InChI is InChI=1S/C12H15BrN2O/c1-12(9-3-5-10(13)6-4-9)11(16)15(2)8-7-14-12/h3-6,14H,7-8H2,1-2H3. The molecular formula is C12H15BrN2O. The summed E-state index contributed by atoms with van der Waals surface area (Å²) in [5.74, 6) is 0.126. The molecule has 0 saturated carbocycles. The van der Waals surface area contributed by atoms with E-state index in [1.807, 2.05) is 38.2 Å². The van der Waals surface area contributed by atoms with Gasteiger partial charge >= 0.3 is 0 Å². The first kappa shape index (κ1) is 11.6. The molecule has 1 aliphatic heterocycles. The van der Waals surface area contributed by atoms with Gasteiger partial charge in [0.05, 0.1) is 0 Å². The number of piperazine rings is 1. The van der Waals surface area contributed by atoms with Crippen LogP contribution in [-0.4, -0.2) is 30.9 Å². The summed E-state index contributed by atoms with van der Waals surface area (Å²) in [6.07, 6.45) is 0. The quantitative estimate of drug-likeness (QED) is 0.851. The Morgan fingerprint density at radius 2 is 2.00 bits per heavy atom. The zero-order chi connectivity index (χ0) is 11.8. The van der Waals surface area contributed by atoms with Crippen molar-refractivity contribution in [3.05, 3.63) is 34.3 Å². The zero-order valence-corrected chi connectivity index (χ0v) is 11.0. The van der Waals surface area contributed by atoms with E-state index in [9.17, 15) is 4.79 Å². The number of rotatable bonds is 1. The Morgan fingerprint density at radius 1 is 1.38 bits per heavy atom. The third-order valence-corrected chi connectivity index (χ3v) is 3.65. The largest absolute Gasteiger partial charge is 0.343 e. The van der Waals surface area contributed by atoms with Crippen LogP contribution in [0.2, 0.25) is 0 Å². The predicted octanol–water partition coefficient (Wildman–Crippen LogP) is 1.73. The first-order chi connectivity index (χ1) is 7.54. The van der Waals surface area contributed by atoms with Crippen LogP contribution >= 0.6 is 15.9 Å². The molecule has 1 atom stereocenters. The number of hydrogen-bond acceptors (Lipinski definition) is 2. The lowest BCUT2D eigenvalue weighted by molar-refractivity contribution is -0.139. The SMILES string of the molecule is CN1CCNC(C)(c2ccc(Br)cc2)C1=O. The normalized spacial score (nSPS) is 25.9. The van der Waals surface area contributed by atoms with Gasteiger partial charge in [-0.15, -0.1) is 0 Å². The van der Waals surface area contributed by atoms with Crippen molar-refractivity contribution in [3.8, 4) is 0 Å². The van der Waals surface area contributed by atoms with Gasteiger partial charge in [0, 0.05) is 24.6 Å².